The molecule has 0 aromatic carbocycles. The van der Waals surface area contributed by atoms with Crippen LogP contribution in [0.15, 0.2) is 0 Å². The minimum Gasteiger partial charge on any atom is -0.293 e. The van der Waals surface area contributed by atoms with Crippen molar-refractivity contribution < 1.29 is 0 Å². The molecule has 2 aliphatic rings. The largest absolute Gasteiger partial charge is 0.293 e. The summed E-state index contributed by atoms with van der Waals surface area (Å²) in [5, 5.41) is 0. The predicted molar refractivity (Wildman–Crippen MR) is 79.7 cm³/mol. The standard InChI is InChI=1S/C17H33N/c1-12(2)13(3,4)17(10)15(7,8)14(5,6)16(12,9)18(17)11/h1-11H3. The lowest BCUT2D eigenvalue weighted by molar-refractivity contribution is -0.130. The molecule has 1 nitrogen and oxygen atoms in total. The van der Waals surface area contributed by atoms with E-state index in [1.54, 1.807) is 0 Å². The highest BCUT2D eigenvalue weighted by molar-refractivity contribution is 5.37. The second-order valence-corrected chi connectivity index (χ2v) is 9.20. The van der Waals surface area contributed by atoms with E-state index in [0.29, 0.717) is 21.7 Å². The van der Waals surface area contributed by atoms with Gasteiger partial charge in [0.05, 0.1) is 0 Å². The highest BCUT2D eigenvalue weighted by Crippen LogP contribution is 2.81. The van der Waals surface area contributed by atoms with E-state index in [9.17, 15) is 0 Å². The average Bonchev–Trinajstić information content (AvgIpc) is 2.34. The van der Waals surface area contributed by atoms with Gasteiger partial charge in [0.25, 0.3) is 0 Å². The van der Waals surface area contributed by atoms with Crippen LogP contribution in [-0.4, -0.2) is 23.0 Å². The van der Waals surface area contributed by atoms with E-state index in [4.69, 9.17) is 0 Å². The lowest BCUT2D eigenvalue weighted by Crippen LogP contribution is -2.66. The van der Waals surface area contributed by atoms with Crippen molar-refractivity contribution in [2.24, 2.45) is 21.7 Å². The van der Waals surface area contributed by atoms with Gasteiger partial charge in [-0.15, -0.1) is 0 Å². The van der Waals surface area contributed by atoms with Crippen LogP contribution < -0.4 is 0 Å². The molecule has 0 amide bonds. The first-order valence-corrected chi connectivity index (χ1v) is 7.39. The highest BCUT2D eigenvalue weighted by atomic mass is 15.4. The molecule has 106 valence electrons. The number of hydrogen-bond donors (Lipinski definition) is 0. The lowest BCUT2D eigenvalue weighted by Gasteiger charge is -2.65. The minimum absolute atomic E-state index is 0.224. The fraction of sp³-hybridized carbons (Fsp3) is 1.00. The third-order valence-electron chi connectivity index (χ3n) is 9.33. The van der Waals surface area contributed by atoms with Crippen molar-refractivity contribution in [3.63, 3.8) is 0 Å². The number of nitrogens with zero attached hydrogens (tertiary/aromatic N) is 1. The molecule has 0 aromatic heterocycles. The van der Waals surface area contributed by atoms with Crippen LogP contribution in [-0.2, 0) is 0 Å². The van der Waals surface area contributed by atoms with Gasteiger partial charge in [0.15, 0.2) is 0 Å². The van der Waals surface area contributed by atoms with Crippen LogP contribution in [0.5, 0.6) is 0 Å². The van der Waals surface area contributed by atoms with Gasteiger partial charge in [0.1, 0.15) is 0 Å². The van der Waals surface area contributed by atoms with E-state index >= 15 is 0 Å². The van der Waals surface area contributed by atoms with Crippen molar-refractivity contribution in [3.8, 4) is 0 Å². The van der Waals surface area contributed by atoms with Crippen LogP contribution in [0.2, 0.25) is 0 Å². The Morgan fingerprint density at radius 3 is 0.722 bits per heavy atom. The molecule has 0 spiro atoms. The van der Waals surface area contributed by atoms with E-state index in [0.717, 1.165) is 0 Å². The molecule has 2 aliphatic heterocycles. The first kappa shape index (κ1) is 14.4. The smallest absolute Gasteiger partial charge is 0.0297 e. The Morgan fingerprint density at radius 2 is 0.611 bits per heavy atom. The normalized spacial score (nSPS) is 47.5. The summed E-state index contributed by atoms with van der Waals surface area (Å²) in [4.78, 5) is 2.71. The molecular formula is C17H33N. The van der Waals surface area contributed by atoms with Gasteiger partial charge in [0.2, 0.25) is 0 Å². The molecule has 18 heavy (non-hydrogen) atoms. The van der Waals surface area contributed by atoms with Crippen LogP contribution in [0.25, 0.3) is 0 Å². The molecule has 2 heterocycles. The number of fused-ring (bicyclic) bond motifs is 2. The fourth-order valence-corrected chi connectivity index (χ4v) is 6.12. The second-order valence-electron chi connectivity index (χ2n) is 9.20. The van der Waals surface area contributed by atoms with Crippen molar-refractivity contribution in [3.05, 3.63) is 0 Å². The zero-order valence-electron chi connectivity index (χ0n) is 14.4. The summed E-state index contributed by atoms with van der Waals surface area (Å²) >= 11 is 0. The molecule has 0 unspecified atom stereocenters. The Labute approximate surface area is 114 Å². The van der Waals surface area contributed by atoms with Crippen LogP contribution in [0.4, 0.5) is 0 Å². The van der Waals surface area contributed by atoms with Gasteiger partial charge in [-0.05, 0) is 42.6 Å². The first-order chi connectivity index (χ1) is 7.65. The topological polar surface area (TPSA) is 3.24 Å². The van der Waals surface area contributed by atoms with E-state index < -0.39 is 0 Å². The molecule has 2 fully saturated rings. The second kappa shape index (κ2) is 2.85. The third-order valence-corrected chi connectivity index (χ3v) is 9.33. The first-order valence-electron chi connectivity index (χ1n) is 7.39. The summed E-state index contributed by atoms with van der Waals surface area (Å²) in [6.07, 6.45) is 0. The molecule has 0 N–H and O–H groups in total. The maximum absolute atomic E-state index is 2.71. The summed E-state index contributed by atoms with van der Waals surface area (Å²) in [5.74, 6) is 0. The molecule has 2 bridgehead atoms. The van der Waals surface area contributed by atoms with Crippen LogP contribution in [0, 0.1) is 21.7 Å². The zero-order chi connectivity index (χ0) is 14.6. The number of rotatable bonds is 0. The third kappa shape index (κ3) is 0.821. The molecule has 2 rings (SSSR count). The van der Waals surface area contributed by atoms with Crippen LogP contribution in [0.3, 0.4) is 0 Å². The fourth-order valence-electron chi connectivity index (χ4n) is 6.12. The molecule has 0 atom stereocenters. The Bertz CT molecular complexity index is 332. The molecule has 0 saturated carbocycles. The summed E-state index contributed by atoms with van der Waals surface area (Å²) < 4.78 is 0. The Morgan fingerprint density at radius 1 is 0.444 bits per heavy atom. The summed E-state index contributed by atoms with van der Waals surface area (Å²) in [7, 11) is 2.35. The van der Waals surface area contributed by atoms with Crippen molar-refractivity contribution in [1.29, 1.82) is 0 Å². The molecule has 2 saturated heterocycles. The molecule has 1 heteroatoms. The van der Waals surface area contributed by atoms with Gasteiger partial charge in [-0.3, -0.25) is 4.90 Å². The quantitative estimate of drug-likeness (QED) is 0.609. The average molecular weight is 251 g/mol. The van der Waals surface area contributed by atoms with E-state index in [-0.39, 0.29) is 11.1 Å². The van der Waals surface area contributed by atoms with Crippen LogP contribution in [0.1, 0.15) is 69.2 Å². The monoisotopic (exact) mass is 251 g/mol. The predicted octanol–water partition coefficient (Wildman–Crippen LogP) is 4.57. The van der Waals surface area contributed by atoms with Gasteiger partial charge in [-0.1, -0.05) is 55.4 Å². The van der Waals surface area contributed by atoms with Crippen molar-refractivity contribution in [1.82, 2.24) is 4.90 Å². The summed E-state index contributed by atoms with van der Waals surface area (Å²) in [5.41, 5.74) is 1.62. The van der Waals surface area contributed by atoms with E-state index in [2.05, 4.69) is 81.2 Å². The summed E-state index contributed by atoms with van der Waals surface area (Å²) in [6.45, 7) is 24.8. The van der Waals surface area contributed by atoms with Gasteiger partial charge >= 0.3 is 0 Å². The molecule has 0 radical (unpaired) electrons. The minimum atomic E-state index is 0.224. The van der Waals surface area contributed by atoms with Gasteiger partial charge < -0.3 is 0 Å². The molecule has 0 aromatic rings. The Hall–Kier alpha value is -0.0400. The molecular weight excluding hydrogens is 218 g/mol. The molecule has 0 aliphatic carbocycles. The van der Waals surface area contributed by atoms with Crippen molar-refractivity contribution in [2.75, 3.05) is 7.05 Å². The maximum Gasteiger partial charge on any atom is 0.0297 e. The van der Waals surface area contributed by atoms with Crippen molar-refractivity contribution >= 4 is 0 Å². The SMILES string of the molecule is CN1C2(C)C(C)(C)C(C)(C)C1(C)C(C)(C)C2(C)C. The zero-order valence-corrected chi connectivity index (χ0v) is 14.4. The van der Waals surface area contributed by atoms with Gasteiger partial charge in [-0.2, -0.15) is 0 Å². The van der Waals surface area contributed by atoms with Crippen LogP contribution >= 0.6 is 0 Å². The summed E-state index contributed by atoms with van der Waals surface area (Å²) in [6, 6.07) is 0. The van der Waals surface area contributed by atoms with Gasteiger partial charge in [-0.25, -0.2) is 0 Å². The number of hydrogen-bond acceptors (Lipinski definition) is 1. The maximum atomic E-state index is 2.71. The van der Waals surface area contributed by atoms with E-state index in [1.807, 2.05) is 0 Å². The van der Waals surface area contributed by atoms with Crippen molar-refractivity contribution in [2.45, 2.75) is 80.3 Å². The highest BCUT2D eigenvalue weighted by Gasteiger charge is 2.84. The van der Waals surface area contributed by atoms with Gasteiger partial charge in [0, 0.05) is 11.1 Å². The Kier molecular flexibility index (Phi) is 2.27. The Balaban J connectivity index is 2.88. The lowest BCUT2D eigenvalue weighted by atomic mass is 9.37. The van der Waals surface area contributed by atoms with E-state index in [1.165, 1.54) is 0 Å².